The monoisotopic (exact) mass is 114 g/mol. The van der Waals surface area contributed by atoms with E-state index >= 15 is 0 Å². The molecule has 0 saturated carbocycles. The van der Waals surface area contributed by atoms with E-state index < -0.39 is 11.8 Å². The molecule has 2 amide bonds. The lowest BCUT2D eigenvalue weighted by atomic mass is 10.5. The minimum Gasteiger partial charge on any atom is -0.366 e. The second-order valence-corrected chi connectivity index (χ2v) is 1.14. The predicted molar refractivity (Wildman–Crippen MR) is 27.5 cm³/mol. The van der Waals surface area contributed by atoms with Crippen molar-refractivity contribution in [1.29, 1.82) is 0 Å². The molecule has 4 N–H and O–H groups in total. The van der Waals surface area contributed by atoms with E-state index in [9.17, 15) is 9.59 Å². The van der Waals surface area contributed by atoms with Gasteiger partial charge in [0.15, 0.2) is 0 Å². The number of hydrogen-bond acceptors (Lipinski definition) is 2. The maximum Gasteiger partial charge on any atom is 0.241 e. The van der Waals surface area contributed by atoms with Crippen molar-refractivity contribution in [2.45, 2.75) is 0 Å². The first-order valence-electron chi connectivity index (χ1n) is 1.90. The number of rotatable bonds is 2. The van der Waals surface area contributed by atoms with Crippen molar-refractivity contribution in [1.82, 2.24) is 0 Å². The van der Waals surface area contributed by atoms with Gasteiger partial charge >= 0.3 is 0 Å². The molecule has 4 heteroatoms. The highest BCUT2D eigenvalue weighted by atomic mass is 16.1. The lowest BCUT2D eigenvalue weighted by molar-refractivity contribution is -0.115. The molecule has 0 unspecified atom stereocenters. The van der Waals surface area contributed by atoms with Gasteiger partial charge in [0.05, 0.1) is 0 Å². The van der Waals surface area contributed by atoms with Gasteiger partial charge in [-0.2, -0.15) is 0 Å². The SMILES string of the molecule is NC(=O)/C=C/C(N)=O. The van der Waals surface area contributed by atoms with Crippen LogP contribution in [0.25, 0.3) is 0 Å². The van der Waals surface area contributed by atoms with E-state index in [1.54, 1.807) is 0 Å². The summed E-state index contributed by atoms with van der Waals surface area (Å²) in [4.78, 5) is 19.7. The summed E-state index contributed by atoms with van der Waals surface area (Å²) in [5.74, 6) is -1.35. The molecule has 0 spiro atoms. The minimum atomic E-state index is -0.677. The van der Waals surface area contributed by atoms with Crippen molar-refractivity contribution in [3.8, 4) is 0 Å². The maximum absolute atomic E-state index is 9.83. The van der Waals surface area contributed by atoms with Crippen LogP contribution >= 0.6 is 0 Å². The lowest BCUT2D eigenvalue weighted by Crippen LogP contribution is -2.10. The second-order valence-electron chi connectivity index (χ2n) is 1.14. The molecule has 0 radical (unpaired) electrons. The summed E-state index contributed by atoms with van der Waals surface area (Å²) >= 11 is 0. The maximum atomic E-state index is 9.83. The molecule has 0 aliphatic rings. The van der Waals surface area contributed by atoms with Crippen LogP contribution in [0.4, 0.5) is 0 Å². The van der Waals surface area contributed by atoms with Gasteiger partial charge < -0.3 is 11.5 Å². The smallest absolute Gasteiger partial charge is 0.241 e. The van der Waals surface area contributed by atoms with Crippen molar-refractivity contribution in [3.63, 3.8) is 0 Å². The quantitative estimate of drug-likeness (QED) is 0.428. The Balaban J connectivity index is 3.67. The van der Waals surface area contributed by atoms with Crippen LogP contribution in [0.15, 0.2) is 12.2 Å². The topological polar surface area (TPSA) is 86.2 Å². The molecule has 0 aliphatic heterocycles. The molecular formula is C4H6N2O2. The molecule has 0 aromatic heterocycles. The standard InChI is InChI=1S/C4H6N2O2/c5-3(7)1-2-4(6)8/h1-2H,(H2,5,7)(H2,6,8)/b2-1+. The van der Waals surface area contributed by atoms with Crippen LogP contribution in [-0.2, 0) is 9.59 Å². The third-order valence-corrected chi connectivity index (χ3v) is 0.412. The molecule has 44 valence electrons. The van der Waals surface area contributed by atoms with Crippen molar-refractivity contribution in [2.24, 2.45) is 11.5 Å². The second kappa shape index (κ2) is 2.79. The Morgan fingerprint density at radius 3 is 1.38 bits per heavy atom. The molecule has 0 heterocycles. The largest absolute Gasteiger partial charge is 0.366 e. The molecule has 0 aromatic rings. The molecule has 0 fully saturated rings. The number of primary amides is 2. The first-order valence-corrected chi connectivity index (χ1v) is 1.90. The Morgan fingerprint density at radius 2 is 1.25 bits per heavy atom. The van der Waals surface area contributed by atoms with Crippen LogP contribution in [0.5, 0.6) is 0 Å². The Hall–Kier alpha value is -1.32. The minimum absolute atomic E-state index is 0.677. The summed E-state index contributed by atoms with van der Waals surface area (Å²) < 4.78 is 0. The number of carbonyl (C=O) groups is 2. The average molecular weight is 114 g/mol. The fraction of sp³-hybridized carbons (Fsp3) is 0. The van der Waals surface area contributed by atoms with Gasteiger partial charge in [-0.3, -0.25) is 9.59 Å². The van der Waals surface area contributed by atoms with Crippen molar-refractivity contribution in [3.05, 3.63) is 12.2 Å². The van der Waals surface area contributed by atoms with Crippen LogP contribution in [0.1, 0.15) is 0 Å². The summed E-state index contributed by atoms with van der Waals surface area (Å²) in [5, 5.41) is 0. The van der Waals surface area contributed by atoms with Crippen LogP contribution in [0, 0.1) is 0 Å². The summed E-state index contributed by atoms with van der Waals surface area (Å²) in [6.07, 6.45) is 1.81. The highest BCUT2D eigenvalue weighted by Crippen LogP contribution is 1.65. The Bertz CT molecular complexity index is 123. The Kier molecular flexibility index (Phi) is 2.33. The molecule has 4 nitrogen and oxygen atoms in total. The van der Waals surface area contributed by atoms with Gasteiger partial charge in [-0.15, -0.1) is 0 Å². The van der Waals surface area contributed by atoms with Crippen LogP contribution in [-0.4, -0.2) is 11.8 Å². The Labute approximate surface area is 46.1 Å². The molecule has 0 saturated heterocycles. The van der Waals surface area contributed by atoms with Gasteiger partial charge in [0.2, 0.25) is 11.8 Å². The van der Waals surface area contributed by atoms with Gasteiger partial charge in [-0.05, 0) is 0 Å². The summed E-state index contributed by atoms with van der Waals surface area (Å²) in [6.45, 7) is 0. The number of nitrogens with two attached hydrogens (primary N) is 2. The van der Waals surface area contributed by atoms with E-state index in [-0.39, 0.29) is 0 Å². The highest BCUT2D eigenvalue weighted by Gasteiger charge is 1.83. The van der Waals surface area contributed by atoms with Gasteiger partial charge in [0.1, 0.15) is 0 Å². The lowest BCUT2D eigenvalue weighted by Gasteiger charge is -1.76. The average Bonchev–Trinajstić information content (AvgIpc) is 1.61. The zero-order valence-corrected chi connectivity index (χ0v) is 4.13. The zero-order valence-electron chi connectivity index (χ0n) is 4.13. The Morgan fingerprint density at radius 1 is 1.00 bits per heavy atom. The molecule has 0 aliphatic carbocycles. The van der Waals surface area contributed by atoms with E-state index in [2.05, 4.69) is 11.5 Å². The number of hydrogen-bond donors (Lipinski definition) is 2. The third-order valence-electron chi connectivity index (χ3n) is 0.412. The van der Waals surface area contributed by atoms with E-state index in [1.165, 1.54) is 0 Å². The van der Waals surface area contributed by atoms with E-state index in [1.807, 2.05) is 0 Å². The van der Waals surface area contributed by atoms with E-state index in [4.69, 9.17) is 0 Å². The molecule has 8 heavy (non-hydrogen) atoms. The van der Waals surface area contributed by atoms with E-state index in [0.717, 1.165) is 12.2 Å². The van der Waals surface area contributed by atoms with Crippen molar-refractivity contribution < 1.29 is 9.59 Å². The van der Waals surface area contributed by atoms with Gasteiger partial charge in [-0.1, -0.05) is 0 Å². The van der Waals surface area contributed by atoms with Gasteiger partial charge in [-0.25, -0.2) is 0 Å². The van der Waals surface area contributed by atoms with Crippen molar-refractivity contribution >= 4 is 11.8 Å². The summed E-state index contributed by atoms with van der Waals surface area (Å²) in [7, 11) is 0. The third kappa shape index (κ3) is 4.68. The van der Waals surface area contributed by atoms with Crippen molar-refractivity contribution in [2.75, 3.05) is 0 Å². The first kappa shape index (κ1) is 6.68. The predicted octanol–water partition coefficient (Wildman–Crippen LogP) is -1.49. The number of carbonyl (C=O) groups excluding carboxylic acids is 2. The molecule has 0 atom stereocenters. The van der Waals surface area contributed by atoms with Crippen LogP contribution in [0.3, 0.4) is 0 Å². The van der Waals surface area contributed by atoms with Gasteiger partial charge in [0.25, 0.3) is 0 Å². The summed E-state index contributed by atoms with van der Waals surface area (Å²) in [6, 6.07) is 0. The molecule has 0 bridgehead atoms. The molecule has 0 aromatic carbocycles. The normalized spacial score (nSPS) is 9.50. The fourth-order valence-corrected chi connectivity index (χ4v) is 0.164. The number of amides is 2. The van der Waals surface area contributed by atoms with Crippen LogP contribution < -0.4 is 11.5 Å². The fourth-order valence-electron chi connectivity index (χ4n) is 0.164. The molecule has 0 rings (SSSR count). The van der Waals surface area contributed by atoms with Crippen LogP contribution in [0.2, 0.25) is 0 Å². The van der Waals surface area contributed by atoms with E-state index in [0.29, 0.717) is 0 Å². The highest BCUT2D eigenvalue weighted by molar-refractivity contribution is 5.95. The zero-order chi connectivity index (χ0) is 6.57. The first-order chi connectivity index (χ1) is 3.63. The summed E-state index contributed by atoms with van der Waals surface area (Å²) in [5.41, 5.74) is 9.21. The van der Waals surface area contributed by atoms with Gasteiger partial charge in [0, 0.05) is 12.2 Å². The molecular weight excluding hydrogens is 108 g/mol.